The van der Waals surface area contributed by atoms with Gasteiger partial charge in [-0.2, -0.15) is 0 Å². The van der Waals surface area contributed by atoms with Gasteiger partial charge < -0.3 is 26.0 Å². The number of urea groups is 1. The fraction of sp³-hybridized carbons (Fsp3) is 0.625. The molecule has 2 aromatic rings. The first kappa shape index (κ1) is 27.4. The van der Waals surface area contributed by atoms with Crippen molar-refractivity contribution >= 4 is 40.4 Å². The first-order valence-electron chi connectivity index (χ1n) is 15.7. The lowest BCUT2D eigenvalue weighted by molar-refractivity contribution is -0.124. The Labute approximate surface area is 246 Å². The Kier molecular flexibility index (Phi) is 6.99. The Hall–Kier alpha value is -3.40. The molecule has 4 saturated carbocycles. The van der Waals surface area contributed by atoms with Gasteiger partial charge in [-0.25, -0.2) is 19.5 Å². The smallest absolute Gasteiger partial charge is 0.415 e. The van der Waals surface area contributed by atoms with E-state index in [-0.39, 0.29) is 23.4 Å². The van der Waals surface area contributed by atoms with Crippen molar-refractivity contribution in [2.45, 2.75) is 76.8 Å². The summed E-state index contributed by atoms with van der Waals surface area (Å²) in [4.78, 5) is 46.1. The summed E-state index contributed by atoms with van der Waals surface area (Å²) in [6.07, 6.45) is 8.52. The number of imide groups is 1. The van der Waals surface area contributed by atoms with Crippen LogP contribution in [-0.4, -0.2) is 71.3 Å². The summed E-state index contributed by atoms with van der Waals surface area (Å²) in [6.45, 7) is 4.49. The second-order valence-electron chi connectivity index (χ2n) is 13.8. The van der Waals surface area contributed by atoms with E-state index in [1.807, 2.05) is 31.2 Å². The molecule has 8 rings (SSSR count). The Morgan fingerprint density at radius 1 is 1.07 bits per heavy atom. The van der Waals surface area contributed by atoms with Crippen LogP contribution in [0.4, 0.5) is 21.1 Å². The monoisotopic (exact) mass is 574 g/mol. The van der Waals surface area contributed by atoms with Gasteiger partial charge in [0.1, 0.15) is 5.82 Å². The maximum atomic E-state index is 13.4. The number of aryl methyl sites for hydroxylation is 1. The topological polar surface area (TPSA) is 127 Å². The Bertz CT molecular complexity index is 1370. The van der Waals surface area contributed by atoms with Crippen molar-refractivity contribution in [1.82, 2.24) is 20.5 Å². The van der Waals surface area contributed by atoms with Gasteiger partial charge in [0, 0.05) is 37.5 Å². The highest BCUT2D eigenvalue weighted by atomic mass is 16.4. The number of amides is 4. The average molecular weight is 575 g/mol. The molecule has 4 amide bonds. The number of nitrogens with zero attached hydrogens (tertiary/aromatic N) is 3. The van der Waals surface area contributed by atoms with Crippen molar-refractivity contribution in [3.8, 4) is 0 Å². The van der Waals surface area contributed by atoms with Crippen molar-refractivity contribution in [3.05, 3.63) is 29.8 Å². The third-order valence-corrected chi connectivity index (χ3v) is 10.7. The van der Waals surface area contributed by atoms with Crippen LogP contribution >= 0.6 is 0 Å². The number of carbonyl (C=O) groups is 3. The Balaban J connectivity index is 1.02. The predicted molar refractivity (Wildman–Crippen MR) is 161 cm³/mol. The summed E-state index contributed by atoms with van der Waals surface area (Å²) >= 11 is 0. The molecule has 0 spiro atoms. The van der Waals surface area contributed by atoms with E-state index in [9.17, 15) is 19.5 Å². The normalized spacial score (nSPS) is 31.5. The molecule has 0 radical (unpaired) electrons. The van der Waals surface area contributed by atoms with Gasteiger partial charge in [-0.05, 0) is 112 Å². The molecule has 2 atom stereocenters. The maximum absolute atomic E-state index is 13.4. The number of carboxylic acid groups (broad SMARTS) is 1. The molecule has 2 saturated heterocycles. The van der Waals surface area contributed by atoms with Gasteiger partial charge in [-0.3, -0.25) is 4.79 Å². The van der Waals surface area contributed by atoms with Gasteiger partial charge in [-0.15, -0.1) is 0 Å². The Morgan fingerprint density at radius 2 is 1.81 bits per heavy atom. The Morgan fingerprint density at radius 3 is 2.48 bits per heavy atom. The molecule has 1 aromatic heterocycles. The van der Waals surface area contributed by atoms with Gasteiger partial charge in [0.25, 0.3) is 0 Å². The number of benzene rings is 1. The molecule has 6 fully saturated rings. The van der Waals surface area contributed by atoms with Crippen molar-refractivity contribution in [2.24, 2.45) is 23.2 Å². The van der Waals surface area contributed by atoms with Crippen molar-refractivity contribution in [1.29, 1.82) is 0 Å². The summed E-state index contributed by atoms with van der Waals surface area (Å²) in [7, 11) is 0. The SMILES string of the molecule is Cc1ccc2nc(N3CC[C@H](NC(=O)N(C(=O)O)[C@H]4CCNC4)C3)ccc2c1NC(=O)CC12CC3CC(CC(C3)C1)C2. The molecule has 4 N–H and O–H groups in total. The van der Waals surface area contributed by atoms with Crippen LogP contribution in [0.25, 0.3) is 10.9 Å². The van der Waals surface area contributed by atoms with E-state index < -0.39 is 12.1 Å². The lowest BCUT2D eigenvalue weighted by Gasteiger charge is -2.56. The highest BCUT2D eigenvalue weighted by molar-refractivity contribution is 6.03. The van der Waals surface area contributed by atoms with Crippen LogP contribution in [0.2, 0.25) is 0 Å². The van der Waals surface area contributed by atoms with Crippen LogP contribution in [0.5, 0.6) is 0 Å². The van der Waals surface area contributed by atoms with Crippen LogP contribution in [0.1, 0.15) is 63.4 Å². The van der Waals surface area contributed by atoms with Crippen LogP contribution < -0.4 is 20.9 Å². The second-order valence-corrected chi connectivity index (χ2v) is 13.8. The number of hydrogen-bond acceptors (Lipinski definition) is 6. The van der Waals surface area contributed by atoms with E-state index in [2.05, 4.69) is 20.9 Å². The van der Waals surface area contributed by atoms with Crippen molar-refractivity contribution in [2.75, 3.05) is 36.4 Å². The van der Waals surface area contributed by atoms with Crippen LogP contribution in [0.3, 0.4) is 0 Å². The minimum absolute atomic E-state index is 0.124. The third-order valence-electron chi connectivity index (χ3n) is 10.7. The van der Waals surface area contributed by atoms with E-state index in [1.54, 1.807) is 0 Å². The molecule has 42 heavy (non-hydrogen) atoms. The molecule has 4 aliphatic carbocycles. The quantitative estimate of drug-likeness (QED) is 0.393. The predicted octanol–water partition coefficient (Wildman–Crippen LogP) is 4.72. The molecule has 10 nitrogen and oxygen atoms in total. The van der Waals surface area contributed by atoms with E-state index in [0.29, 0.717) is 45.4 Å². The fourth-order valence-electron chi connectivity index (χ4n) is 9.27. The lowest BCUT2D eigenvalue weighted by atomic mass is 9.49. The van der Waals surface area contributed by atoms with Crippen LogP contribution in [0.15, 0.2) is 24.3 Å². The van der Waals surface area contributed by atoms with Gasteiger partial charge in [0.15, 0.2) is 0 Å². The van der Waals surface area contributed by atoms with Crippen molar-refractivity contribution < 1.29 is 19.5 Å². The highest BCUT2D eigenvalue weighted by Crippen LogP contribution is 2.61. The first-order valence-corrected chi connectivity index (χ1v) is 15.7. The number of carbonyl (C=O) groups excluding carboxylic acids is 2. The molecule has 224 valence electrons. The number of anilines is 2. The van der Waals surface area contributed by atoms with E-state index in [1.165, 1.54) is 38.5 Å². The largest absolute Gasteiger partial charge is 0.465 e. The summed E-state index contributed by atoms with van der Waals surface area (Å²) < 4.78 is 0. The van der Waals surface area contributed by atoms with Crippen molar-refractivity contribution in [3.63, 3.8) is 0 Å². The molecule has 1 aromatic carbocycles. The van der Waals surface area contributed by atoms with E-state index >= 15 is 0 Å². The van der Waals surface area contributed by atoms with E-state index in [4.69, 9.17) is 4.98 Å². The standard InChI is InChI=1S/C32H42N6O4/c1-19-2-4-26-25(29(19)36-28(39)16-32-13-20-10-21(14-32)12-22(11-20)15-32)3-5-27(35-26)37-9-7-23(18-37)34-30(40)38(31(41)42)24-6-8-33-17-24/h2-5,20-24,33H,6-18H2,1H3,(H,34,40)(H,36,39)(H,41,42)/t20?,21?,22?,23-,24-,32?/m0/s1. The maximum Gasteiger partial charge on any atom is 0.415 e. The molecule has 0 unspecified atom stereocenters. The zero-order chi connectivity index (χ0) is 29.0. The third kappa shape index (κ3) is 5.18. The van der Waals surface area contributed by atoms with Gasteiger partial charge >= 0.3 is 12.1 Å². The van der Waals surface area contributed by atoms with Crippen LogP contribution in [0, 0.1) is 30.1 Å². The highest BCUT2D eigenvalue weighted by Gasteiger charge is 2.51. The summed E-state index contributed by atoms with van der Waals surface area (Å²) in [5, 5.41) is 19.9. The second kappa shape index (κ2) is 10.7. The molecule has 2 aliphatic heterocycles. The van der Waals surface area contributed by atoms with E-state index in [0.717, 1.165) is 50.6 Å². The first-order chi connectivity index (χ1) is 20.2. The van der Waals surface area contributed by atoms with Crippen LogP contribution in [-0.2, 0) is 4.79 Å². The molecular formula is C32H42N6O4. The lowest BCUT2D eigenvalue weighted by Crippen LogP contribution is -2.52. The van der Waals surface area contributed by atoms with Gasteiger partial charge in [0.05, 0.1) is 17.2 Å². The molecule has 3 heterocycles. The average Bonchev–Trinajstić information content (AvgIpc) is 3.62. The minimum atomic E-state index is -1.22. The van der Waals surface area contributed by atoms with Gasteiger partial charge in [0.2, 0.25) is 5.91 Å². The molecule has 6 aliphatic rings. The number of hydrogen-bond donors (Lipinski definition) is 4. The molecular weight excluding hydrogens is 532 g/mol. The summed E-state index contributed by atoms with van der Waals surface area (Å²) in [5.74, 6) is 3.41. The zero-order valence-corrected chi connectivity index (χ0v) is 24.4. The number of rotatable bonds is 6. The number of fused-ring (bicyclic) bond motifs is 1. The number of nitrogens with one attached hydrogen (secondary N) is 3. The summed E-state index contributed by atoms with van der Waals surface area (Å²) in [5.41, 5.74) is 2.89. The minimum Gasteiger partial charge on any atom is -0.465 e. The molecule has 4 bridgehead atoms. The number of aromatic nitrogens is 1. The fourth-order valence-corrected chi connectivity index (χ4v) is 9.27. The summed E-state index contributed by atoms with van der Waals surface area (Å²) in [6, 6.07) is 6.98. The zero-order valence-electron chi connectivity index (χ0n) is 24.4. The van der Waals surface area contributed by atoms with Gasteiger partial charge in [-0.1, -0.05) is 6.07 Å². The number of pyridine rings is 1. The molecule has 10 heteroatoms.